The molecular weight excluding hydrogens is 400 g/mol. The third-order valence-corrected chi connectivity index (χ3v) is 8.12. The second kappa shape index (κ2) is 8.02. The summed E-state index contributed by atoms with van der Waals surface area (Å²) >= 11 is 0. The number of rotatable bonds is 6. The molecule has 0 fully saturated rings. The van der Waals surface area contributed by atoms with Gasteiger partial charge in [0.2, 0.25) is 7.29 Å². The molecule has 152 valence electrons. The van der Waals surface area contributed by atoms with Crippen molar-refractivity contribution < 1.29 is 18.5 Å². The van der Waals surface area contributed by atoms with Crippen molar-refractivity contribution in [2.45, 2.75) is 18.6 Å². The fourth-order valence-electron chi connectivity index (χ4n) is 3.65. The topological polar surface area (TPSA) is 55.4 Å². The second-order valence-corrected chi connectivity index (χ2v) is 9.79. The number of carbonyl (C=O) groups excluding carboxylic acids is 1. The van der Waals surface area contributed by atoms with Gasteiger partial charge in [0, 0.05) is 16.7 Å². The maximum atomic E-state index is 14.6. The molecule has 4 rings (SSSR count). The van der Waals surface area contributed by atoms with E-state index in [-0.39, 0.29) is 5.82 Å². The Morgan fingerprint density at radius 3 is 1.90 bits per heavy atom. The van der Waals surface area contributed by atoms with Crippen LogP contribution in [0.15, 0.2) is 97.1 Å². The van der Waals surface area contributed by atoms with E-state index >= 15 is 0 Å². The fraction of sp³-hybridized carbons (Fsp3) is 0.125. The zero-order chi connectivity index (χ0) is 21.2. The Morgan fingerprint density at radius 1 is 0.900 bits per heavy atom. The van der Waals surface area contributed by atoms with Crippen LogP contribution in [0.5, 0.6) is 0 Å². The van der Waals surface area contributed by atoms with Gasteiger partial charge in [-0.3, -0.25) is 4.57 Å². The lowest BCUT2D eigenvalue weighted by molar-refractivity contribution is -0.141. The van der Waals surface area contributed by atoms with Crippen LogP contribution in [0.25, 0.3) is 0 Å². The highest BCUT2D eigenvalue weighted by Gasteiger charge is 2.45. The molecule has 1 heterocycles. The number of ether oxygens (including phenoxy) is 1. The molecule has 2 atom stereocenters. The Bertz CT molecular complexity index is 1070. The van der Waals surface area contributed by atoms with Gasteiger partial charge in [-0.25, -0.2) is 14.3 Å². The molecule has 1 aliphatic heterocycles. The van der Waals surface area contributed by atoms with Crippen LogP contribution >= 0.6 is 7.29 Å². The highest BCUT2D eigenvalue weighted by molar-refractivity contribution is 7.77. The molecule has 0 saturated carbocycles. The summed E-state index contributed by atoms with van der Waals surface area (Å²) in [5, 5.41) is 4.59. The van der Waals surface area contributed by atoms with Crippen LogP contribution in [0.1, 0.15) is 12.5 Å². The predicted octanol–water partition coefficient (Wildman–Crippen LogP) is 4.04. The van der Waals surface area contributed by atoms with Gasteiger partial charge in [-0.1, -0.05) is 48.5 Å². The van der Waals surface area contributed by atoms with E-state index in [1.54, 1.807) is 18.2 Å². The number of benzene rings is 3. The second-order valence-electron chi connectivity index (χ2n) is 7.32. The minimum Gasteiger partial charge on any atom is -0.453 e. The van der Waals surface area contributed by atoms with Crippen molar-refractivity contribution in [1.29, 1.82) is 0 Å². The van der Waals surface area contributed by atoms with Crippen LogP contribution in [0.3, 0.4) is 0 Å². The van der Waals surface area contributed by atoms with Crippen LogP contribution in [0.2, 0.25) is 0 Å². The van der Waals surface area contributed by atoms with Gasteiger partial charge in [-0.2, -0.15) is 0 Å². The molecule has 1 unspecified atom stereocenters. The summed E-state index contributed by atoms with van der Waals surface area (Å²) in [5.41, 5.74) is -0.419. The van der Waals surface area contributed by atoms with Crippen molar-refractivity contribution >= 4 is 23.9 Å². The van der Waals surface area contributed by atoms with E-state index in [0.29, 0.717) is 16.2 Å². The van der Waals surface area contributed by atoms with Gasteiger partial charge in [0.15, 0.2) is 0 Å². The molecule has 0 saturated heterocycles. The van der Waals surface area contributed by atoms with Crippen molar-refractivity contribution in [2.75, 3.05) is 0 Å². The Morgan fingerprint density at radius 2 is 1.43 bits per heavy atom. The van der Waals surface area contributed by atoms with Crippen molar-refractivity contribution in [3.63, 3.8) is 0 Å². The van der Waals surface area contributed by atoms with E-state index in [1.165, 1.54) is 18.2 Å². The number of cyclic esters (lactones) is 1. The highest BCUT2D eigenvalue weighted by atomic mass is 31.2. The molecule has 0 aliphatic carbocycles. The van der Waals surface area contributed by atoms with Crippen LogP contribution in [0.4, 0.5) is 4.39 Å². The van der Waals surface area contributed by atoms with Crippen molar-refractivity contribution in [2.24, 2.45) is 0 Å². The largest absolute Gasteiger partial charge is 0.453 e. The molecule has 0 bridgehead atoms. The van der Waals surface area contributed by atoms with E-state index in [0.717, 1.165) is 0 Å². The fourth-order valence-corrected chi connectivity index (χ4v) is 6.30. The SMILES string of the molecule is C[C@@](NP(=O)(c1ccccc1)c1ccccc1)(c1ccc(F)cc1)C1C=CC(=O)O1. The Hall–Kier alpha value is -3.01. The van der Waals surface area contributed by atoms with E-state index in [4.69, 9.17) is 4.74 Å². The molecule has 0 radical (unpaired) electrons. The smallest absolute Gasteiger partial charge is 0.331 e. The first-order valence-electron chi connectivity index (χ1n) is 9.57. The lowest BCUT2D eigenvalue weighted by atomic mass is 9.87. The summed E-state index contributed by atoms with van der Waals surface area (Å²) in [5.74, 6) is -0.848. The van der Waals surface area contributed by atoms with E-state index in [2.05, 4.69) is 5.09 Å². The third kappa shape index (κ3) is 3.74. The van der Waals surface area contributed by atoms with Crippen molar-refractivity contribution in [1.82, 2.24) is 5.09 Å². The normalized spacial score (nSPS) is 18.1. The number of hydrogen-bond acceptors (Lipinski definition) is 3. The number of halogens is 1. The molecular formula is C24H21FNO3P. The Kier molecular flexibility index (Phi) is 5.42. The lowest BCUT2D eigenvalue weighted by Crippen LogP contribution is -2.50. The molecule has 0 amide bonds. The van der Waals surface area contributed by atoms with Gasteiger partial charge in [0.05, 0.1) is 5.54 Å². The number of hydrogen-bond donors (Lipinski definition) is 1. The summed E-state index contributed by atoms with van der Waals surface area (Å²) in [4.78, 5) is 11.8. The standard InChI is InChI=1S/C24H21FNO3P/c1-24(22-16-17-23(27)29-22,18-12-14-19(25)15-13-18)26-30(28,20-8-4-2-5-9-20)21-10-6-3-7-11-21/h2-17,22H,1H3,(H,26,28)/t22?,24-/m1/s1. The molecule has 0 aromatic heterocycles. The molecule has 4 nitrogen and oxygen atoms in total. The summed E-state index contributed by atoms with van der Waals surface area (Å²) in [6.45, 7) is 1.81. The maximum absolute atomic E-state index is 14.6. The van der Waals surface area contributed by atoms with Crippen LogP contribution in [-0.4, -0.2) is 12.1 Å². The van der Waals surface area contributed by atoms with Crippen molar-refractivity contribution in [3.05, 3.63) is 108 Å². The minimum atomic E-state index is -3.36. The van der Waals surface area contributed by atoms with Gasteiger partial charge in [0.1, 0.15) is 11.9 Å². The summed E-state index contributed by atoms with van der Waals surface area (Å²) in [7, 11) is -3.36. The average molecular weight is 421 g/mol. The molecule has 1 aliphatic rings. The van der Waals surface area contributed by atoms with Crippen LogP contribution in [0, 0.1) is 5.82 Å². The zero-order valence-electron chi connectivity index (χ0n) is 16.4. The Labute approximate surface area is 174 Å². The van der Waals surface area contributed by atoms with Gasteiger partial charge < -0.3 is 4.74 Å². The van der Waals surface area contributed by atoms with E-state index in [1.807, 2.05) is 67.6 Å². The first-order valence-corrected chi connectivity index (χ1v) is 11.3. The van der Waals surface area contributed by atoms with Gasteiger partial charge in [-0.15, -0.1) is 0 Å². The van der Waals surface area contributed by atoms with Crippen molar-refractivity contribution in [3.8, 4) is 0 Å². The third-order valence-electron chi connectivity index (χ3n) is 5.29. The predicted molar refractivity (Wildman–Crippen MR) is 116 cm³/mol. The van der Waals surface area contributed by atoms with Crippen LogP contribution in [-0.2, 0) is 19.6 Å². The zero-order valence-corrected chi connectivity index (χ0v) is 17.3. The van der Waals surface area contributed by atoms with Crippen LogP contribution < -0.4 is 15.7 Å². The minimum absolute atomic E-state index is 0.380. The highest BCUT2D eigenvalue weighted by Crippen LogP contribution is 2.46. The van der Waals surface area contributed by atoms with E-state index < -0.39 is 24.9 Å². The average Bonchev–Trinajstić information content (AvgIpc) is 3.22. The monoisotopic (exact) mass is 421 g/mol. The number of carbonyl (C=O) groups is 1. The first kappa shape index (κ1) is 20.3. The van der Waals surface area contributed by atoms with Gasteiger partial charge >= 0.3 is 5.97 Å². The van der Waals surface area contributed by atoms with E-state index in [9.17, 15) is 13.8 Å². The van der Waals surface area contributed by atoms with Gasteiger partial charge in [-0.05, 0) is 55.0 Å². The van der Waals surface area contributed by atoms with Gasteiger partial charge in [0.25, 0.3) is 0 Å². The first-order chi connectivity index (χ1) is 14.4. The molecule has 0 spiro atoms. The molecule has 3 aromatic carbocycles. The molecule has 1 N–H and O–H groups in total. The maximum Gasteiger partial charge on any atom is 0.331 e. The number of nitrogens with one attached hydrogen (secondary N) is 1. The summed E-state index contributed by atoms with van der Waals surface area (Å²) in [6, 6.07) is 24.2. The lowest BCUT2D eigenvalue weighted by Gasteiger charge is -2.39. The quantitative estimate of drug-likeness (QED) is 0.482. The summed E-state index contributed by atoms with van der Waals surface area (Å²) < 4.78 is 33.7. The summed E-state index contributed by atoms with van der Waals surface area (Å²) in [6.07, 6.45) is 2.28. The molecule has 30 heavy (non-hydrogen) atoms. The Balaban J connectivity index is 1.87. The number of esters is 1. The molecule has 3 aromatic rings. The molecule has 6 heteroatoms.